The average Bonchev–Trinajstić information content (AvgIpc) is 2.91. The second-order valence-corrected chi connectivity index (χ2v) is 5.93. The number of nitrogens with zero attached hydrogens (tertiary/aromatic N) is 1. The molecule has 21 heavy (non-hydrogen) atoms. The minimum absolute atomic E-state index is 0.0994. The number of anilines is 2. The molecule has 1 aliphatic rings. The number of ether oxygens (including phenoxy) is 1. The van der Waals surface area contributed by atoms with Crippen molar-refractivity contribution in [2.75, 3.05) is 23.7 Å². The smallest absolute Gasteiger partial charge is 0.138 e. The van der Waals surface area contributed by atoms with Crippen LogP contribution in [0.3, 0.4) is 0 Å². The molecule has 1 saturated heterocycles. The van der Waals surface area contributed by atoms with E-state index in [1.807, 2.05) is 30.3 Å². The summed E-state index contributed by atoms with van der Waals surface area (Å²) in [6, 6.07) is 13.2. The molecule has 110 valence electrons. The van der Waals surface area contributed by atoms with Gasteiger partial charge in [-0.15, -0.1) is 0 Å². The van der Waals surface area contributed by atoms with Gasteiger partial charge in [-0.1, -0.05) is 35.3 Å². The summed E-state index contributed by atoms with van der Waals surface area (Å²) in [5.41, 5.74) is 7.37. The molecule has 0 bridgehead atoms. The van der Waals surface area contributed by atoms with Crippen LogP contribution in [0.15, 0.2) is 42.5 Å². The molecule has 5 heteroatoms. The van der Waals surface area contributed by atoms with Gasteiger partial charge in [0.1, 0.15) is 11.9 Å². The van der Waals surface area contributed by atoms with E-state index in [2.05, 4.69) is 4.90 Å². The average molecular weight is 323 g/mol. The molecule has 0 radical (unpaired) electrons. The first-order valence-electron chi connectivity index (χ1n) is 6.84. The molecule has 0 aromatic heterocycles. The summed E-state index contributed by atoms with van der Waals surface area (Å²) < 4.78 is 5.98. The quantitative estimate of drug-likeness (QED) is 0.859. The van der Waals surface area contributed by atoms with Crippen LogP contribution in [0.1, 0.15) is 6.42 Å². The standard InChI is InChI=1S/C16H16Cl2N2O/c17-13-3-1-2-4-15(13)20-8-7-12(10-20)21-16-6-5-11(19)9-14(16)18/h1-6,9,12H,7-8,10,19H2. The van der Waals surface area contributed by atoms with Crippen LogP contribution in [0.4, 0.5) is 11.4 Å². The maximum atomic E-state index is 6.24. The number of rotatable bonds is 3. The Bertz CT molecular complexity index is 648. The summed E-state index contributed by atoms with van der Waals surface area (Å²) in [6.07, 6.45) is 1.04. The van der Waals surface area contributed by atoms with Crippen LogP contribution in [-0.2, 0) is 0 Å². The zero-order chi connectivity index (χ0) is 14.8. The molecule has 2 aromatic carbocycles. The lowest BCUT2D eigenvalue weighted by molar-refractivity contribution is 0.225. The van der Waals surface area contributed by atoms with Crippen LogP contribution in [0.5, 0.6) is 5.75 Å². The number of hydrogen-bond donors (Lipinski definition) is 1. The maximum absolute atomic E-state index is 6.24. The minimum atomic E-state index is 0.0994. The summed E-state index contributed by atoms with van der Waals surface area (Å²) in [6.45, 7) is 1.71. The molecular weight excluding hydrogens is 307 g/mol. The minimum Gasteiger partial charge on any atom is -0.487 e. The van der Waals surface area contributed by atoms with Crippen LogP contribution in [0.25, 0.3) is 0 Å². The zero-order valence-corrected chi connectivity index (χ0v) is 12.9. The molecule has 0 spiro atoms. The van der Waals surface area contributed by atoms with Gasteiger partial charge in [0.05, 0.1) is 22.3 Å². The van der Waals surface area contributed by atoms with Gasteiger partial charge in [-0.25, -0.2) is 0 Å². The molecule has 0 saturated carbocycles. The third-order valence-corrected chi connectivity index (χ3v) is 4.20. The number of hydrogen-bond acceptors (Lipinski definition) is 3. The molecule has 1 aliphatic heterocycles. The van der Waals surface area contributed by atoms with Crippen molar-refractivity contribution in [3.05, 3.63) is 52.5 Å². The summed E-state index contributed by atoms with van der Waals surface area (Å²) >= 11 is 12.4. The van der Waals surface area contributed by atoms with Gasteiger partial charge in [-0.05, 0) is 30.3 Å². The largest absolute Gasteiger partial charge is 0.487 e. The normalized spacial score (nSPS) is 18.0. The van der Waals surface area contributed by atoms with Crippen molar-refractivity contribution in [3.8, 4) is 5.75 Å². The van der Waals surface area contributed by atoms with Crippen molar-refractivity contribution in [1.82, 2.24) is 0 Å². The number of halogens is 2. The molecule has 0 aliphatic carbocycles. The van der Waals surface area contributed by atoms with Gasteiger partial charge in [0.15, 0.2) is 0 Å². The Morgan fingerprint density at radius 2 is 1.90 bits per heavy atom. The fourth-order valence-electron chi connectivity index (χ4n) is 2.54. The highest BCUT2D eigenvalue weighted by Crippen LogP contribution is 2.32. The van der Waals surface area contributed by atoms with E-state index in [-0.39, 0.29) is 6.10 Å². The van der Waals surface area contributed by atoms with Gasteiger partial charge >= 0.3 is 0 Å². The third-order valence-electron chi connectivity index (χ3n) is 3.59. The van der Waals surface area contributed by atoms with E-state index in [1.165, 1.54) is 0 Å². The molecule has 3 nitrogen and oxygen atoms in total. The zero-order valence-electron chi connectivity index (χ0n) is 11.4. The lowest BCUT2D eigenvalue weighted by Gasteiger charge is -2.20. The van der Waals surface area contributed by atoms with Crippen molar-refractivity contribution in [2.45, 2.75) is 12.5 Å². The Hall–Kier alpha value is -1.58. The van der Waals surface area contributed by atoms with Gasteiger partial charge in [0, 0.05) is 18.7 Å². The molecule has 1 unspecified atom stereocenters. The Morgan fingerprint density at radius 1 is 1.10 bits per heavy atom. The Kier molecular flexibility index (Phi) is 4.13. The Labute approximate surface area is 134 Å². The molecule has 1 fully saturated rings. The van der Waals surface area contributed by atoms with E-state index in [0.717, 1.165) is 30.2 Å². The molecular formula is C16H16Cl2N2O. The molecule has 1 atom stereocenters. The topological polar surface area (TPSA) is 38.5 Å². The van der Waals surface area contributed by atoms with Gasteiger partial charge in [-0.3, -0.25) is 0 Å². The van der Waals surface area contributed by atoms with Crippen molar-refractivity contribution >= 4 is 34.6 Å². The summed E-state index contributed by atoms with van der Waals surface area (Å²) in [5, 5.41) is 1.31. The highest BCUT2D eigenvalue weighted by Gasteiger charge is 2.25. The van der Waals surface area contributed by atoms with Gasteiger partial charge in [0.2, 0.25) is 0 Å². The van der Waals surface area contributed by atoms with E-state index in [4.69, 9.17) is 33.7 Å². The van der Waals surface area contributed by atoms with Crippen molar-refractivity contribution in [3.63, 3.8) is 0 Å². The molecule has 2 N–H and O–H groups in total. The summed E-state index contributed by atoms with van der Waals surface area (Å²) in [5.74, 6) is 0.678. The molecule has 3 rings (SSSR count). The lowest BCUT2D eigenvalue weighted by atomic mass is 10.3. The third kappa shape index (κ3) is 3.20. The Morgan fingerprint density at radius 3 is 2.67 bits per heavy atom. The van der Waals surface area contributed by atoms with Gasteiger partial charge < -0.3 is 15.4 Å². The van der Waals surface area contributed by atoms with E-state index in [0.29, 0.717) is 16.5 Å². The lowest BCUT2D eigenvalue weighted by Crippen LogP contribution is -2.24. The summed E-state index contributed by atoms with van der Waals surface area (Å²) in [4.78, 5) is 2.23. The molecule has 0 amide bonds. The first-order valence-corrected chi connectivity index (χ1v) is 7.60. The predicted octanol–water partition coefficient (Wildman–Crippen LogP) is 4.23. The van der Waals surface area contributed by atoms with Crippen molar-refractivity contribution in [1.29, 1.82) is 0 Å². The second-order valence-electron chi connectivity index (χ2n) is 5.12. The van der Waals surface area contributed by atoms with Crippen LogP contribution >= 0.6 is 23.2 Å². The van der Waals surface area contributed by atoms with E-state index in [1.54, 1.807) is 12.1 Å². The number of para-hydroxylation sites is 1. The van der Waals surface area contributed by atoms with Gasteiger partial charge in [0.25, 0.3) is 0 Å². The predicted molar refractivity (Wildman–Crippen MR) is 88.6 cm³/mol. The van der Waals surface area contributed by atoms with Crippen molar-refractivity contribution < 1.29 is 4.74 Å². The van der Waals surface area contributed by atoms with Gasteiger partial charge in [-0.2, -0.15) is 0 Å². The molecule has 1 heterocycles. The summed E-state index contributed by atoms with van der Waals surface area (Å²) in [7, 11) is 0. The van der Waals surface area contributed by atoms with E-state index < -0.39 is 0 Å². The van der Waals surface area contributed by atoms with Crippen LogP contribution in [0, 0.1) is 0 Å². The second kappa shape index (κ2) is 6.04. The first kappa shape index (κ1) is 14.4. The SMILES string of the molecule is Nc1ccc(OC2CCN(c3ccccc3Cl)C2)c(Cl)c1. The van der Waals surface area contributed by atoms with Crippen LogP contribution < -0.4 is 15.4 Å². The van der Waals surface area contributed by atoms with Crippen molar-refractivity contribution in [2.24, 2.45) is 0 Å². The monoisotopic (exact) mass is 322 g/mol. The van der Waals surface area contributed by atoms with E-state index in [9.17, 15) is 0 Å². The van der Waals surface area contributed by atoms with E-state index >= 15 is 0 Å². The highest BCUT2D eigenvalue weighted by atomic mass is 35.5. The Balaban J connectivity index is 1.69. The maximum Gasteiger partial charge on any atom is 0.138 e. The molecule has 2 aromatic rings. The number of nitrogens with two attached hydrogens (primary N) is 1. The highest BCUT2D eigenvalue weighted by molar-refractivity contribution is 6.33. The number of benzene rings is 2. The van der Waals surface area contributed by atoms with Crippen LogP contribution in [0.2, 0.25) is 10.0 Å². The fraction of sp³-hybridized carbons (Fsp3) is 0.250. The number of nitrogen functional groups attached to an aromatic ring is 1. The fourth-order valence-corrected chi connectivity index (χ4v) is 3.03. The van der Waals surface area contributed by atoms with Crippen LogP contribution in [-0.4, -0.2) is 19.2 Å². The first-order chi connectivity index (χ1) is 10.1.